The van der Waals surface area contributed by atoms with Crippen LogP contribution in [-0.4, -0.2) is 37.2 Å². The van der Waals surface area contributed by atoms with E-state index >= 15 is 0 Å². The second kappa shape index (κ2) is 9.97. The number of aryl methyl sites for hydroxylation is 2. The molecule has 0 radical (unpaired) electrons. The van der Waals surface area contributed by atoms with Gasteiger partial charge in [0, 0.05) is 38.7 Å². The van der Waals surface area contributed by atoms with Crippen LogP contribution in [-0.2, 0) is 32.5 Å². The van der Waals surface area contributed by atoms with Crippen molar-refractivity contribution in [2.24, 2.45) is 4.99 Å². The van der Waals surface area contributed by atoms with E-state index in [1.165, 1.54) is 11.1 Å². The predicted molar refractivity (Wildman–Crippen MR) is 106 cm³/mol. The van der Waals surface area contributed by atoms with E-state index in [2.05, 4.69) is 77.9 Å². The first-order chi connectivity index (χ1) is 12.6. The molecule has 0 aliphatic carbocycles. The normalized spacial score (nSPS) is 11.8. The van der Waals surface area contributed by atoms with E-state index in [1.54, 1.807) is 7.05 Å². The number of guanidine groups is 1. The fourth-order valence-corrected chi connectivity index (χ4v) is 2.93. The Kier molecular flexibility index (Phi) is 7.66. The van der Waals surface area contributed by atoms with Gasteiger partial charge in [0.1, 0.15) is 5.76 Å². The van der Waals surface area contributed by atoms with Crippen LogP contribution in [0, 0.1) is 0 Å². The molecule has 6 heteroatoms. The van der Waals surface area contributed by atoms with Gasteiger partial charge in [-0.05, 0) is 31.6 Å². The average molecular weight is 358 g/mol. The van der Waals surface area contributed by atoms with Gasteiger partial charge in [0.2, 0.25) is 0 Å². The Morgan fingerprint density at radius 3 is 2.38 bits per heavy atom. The third-order valence-electron chi connectivity index (χ3n) is 4.31. The summed E-state index contributed by atoms with van der Waals surface area (Å²) < 4.78 is 5.43. The summed E-state index contributed by atoms with van der Waals surface area (Å²) >= 11 is 0. The topological polar surface area (TPSA) is 65.7 Å². The minimum Gasteiger partial charge on any atom is -0.361 e. The average Bonchev–Trinajstić information content (AvgIpc) is 3.04. The maximum atomic E-state index is 5.43. The number of aliphatic imine (C=N–C) groups is 1. The molecule has 1 aromatic heterocycles. The van der Waals surface area contributed by atoms with Crippen LogP contribution >= 0.6 is 0 Å². The zero-order valence-corrected chi connectivity index (χ0v) is 16.6. The summed E-state index contributed by atoms with van der Waals surface area (Å²) in [5.41, 5.74) is 4.76. The molecule has 0 atom stereocenters. The Morgan fingerprint density at radius 2 is 1.77 bits per heavy atom. The largest absolute Gasteiger partial charge is 0.361 e. The zero-order valence-electron chi connectivity index (χ0n) is 16.6. The minimum atomic E-state index is 0.662. The van der Waals surface area contributed by atoms with Crippen LogP contribution < -0.4 is 10.6 Å². The Balaban J connectivity index is 1.98. The Labute approximate surface area is 156 Å². The highest BCUT2D eigenvalue weighted by Crippen LogP contribution is 2.15. The van der Waals surface area contributed by atoms with Crippen molar-refractivity contribution in [2.75, 3.05) is 21.1 Å². The van der Waals surface area contributed by atoms with Gasteiger partial charge in [0.15, 0.2) is 5.96 Å². The van der Waals surface area contributed by atoms with Crippen LogP contribution in [0.4, 0.5) is 0 Å². The lowest BCUT2D eigenvalue weighted by molar-refractivity contribution is 0.380. The second-order valence-corrected chi connectivity index (χ2v) is 6.52. The molecule has 2 aromatic rings. The molecule has 26 heavy (non-hydrogen) atoms. The predicted octanol–water partition coefficient (Wildman–Crippen LogP) is 2.73. The maximum Gasteiger partial charge on any atom is 0.191 e. The smallest absolute Gasteiger partial charge is 0.191 e. The molecule has 2 rings (SSSR count). The lowest BCUT2D eigenvalue weighted by Crippen LogP contribution is -2.36. The molecule has 0 aliphatic rings. The highest BCUT2D eigenvalue weighted by molar-refractivity contribution is 5.79. The Hall–Kier alpha value is -2.34. The van der Waals surface area contributed by atoms with Crippen molar-refractivity contribution < 1.29 is 4.52 Å². The van der Waals surface area contributed by atoms with Crippen molar-refractivity contribution in [1.82, 2.24) is 20.7 Å². The van der Waals surface area contributed by atoms with Crippen molar-refractivity contribution in [3.05, 3.63) is 52.4 Å². The van der Waals surface area contributed by atoms with Gasteiger partial charge in [-0.3, -0.25) is 4.99 Å². The third kappa shape index (κ3) is 5.33. The molecule has 0 saturated carbocycles. The van der Waals surface area contributed by atoms with Crippen LogP contribution in [0.15, 0.2) is 33.8 Å². The van der Waals surface area contributed by atoms with Gasteiger partial charge in [0.25, 0.3) is 0 Å². The van der Waals surface area contributed by atoms with E-state index < -0.39 is 0 Å². The molecule has 0 fully saturated rings. The number of benzene rings is 1. The number of hydrogen-bond acceptors (Lipinski definition) is 4. The van der Waals surface area contributed by atoms with Crippen LogP contribution in [0.2, 0.25) is 0 Å². The summed E-state index contributed by atoms with van der Waals surface area (Å²) in [6.45, 7) is 6.49. The molecular weight excluding hydrogens is 326 g/mol. The van der Waals surface area contributed by atoms with E-state index in [0.717, 1.165) is 48.9 Å². The molecule has 142 valence electrons. The molecule has 0 amide bonds. The number of aromatic nitrogens is 1. The first-order valence-corrected chi connectivity index (χ1v) is 9.21. The summed E-state index contributed by atoms with van der Waals surface area (Å²) in [7, 11) is 5.96. The van der Waals surface area contributed by atoms with Crippen molar-refractivity contribution >= 4 is 5.96 Å². The van der Waals surface area contributed by atoms with Crippen molar-refractivity contribution in [3.63, 3.8) is 0 Å². The highest BCUT2D eigenvalue weighted by atomic mass is 16.5. The number of hydrogen-bond donors (Lipinski definition) is 2. The standard InChI is InChI=1S/C20H31N5O/c1-6-18-17(19(7-2)26-24-18)13-23-20(21-3)22-12-15-10-8-9-11-16(15)14-25(4)5/h8-11H,6-7,12-14H2,1-5H3,(H2,21,22,23). The summed E-state index contributed by atoms with van der Waals surface area (Å²) in [5, 5.41) is 10.9. The van der Waals surface area contributed by atoms with Crippen molar-refractivity contribution in [3.8, 4) is 0 Å². The second-order valence-electron chi connectivity index (χ2n) is 6.52. The van der Waals surface area contributed by atoms with Gasteiger partial charge < -0.3 is 20.1 Å². The molecule has 0 aliphatic heterocycles. The monoisotopic (exact) mass is 357 g/mol. The first-order valence-electron chi connectivity index (χ1n) is 9.21. The van der Waals surface area contributed by atoms with E-state index in [-0.39, 0.29) is 0 Å². The summed E-state index contributed by atoms with van der Waals surface area (Å²) in [5.74, 6) is 1.72. The van der Waals surface area contributed by atoms with E-state index in [1.807, 2.05) is 0 Å². The fourth-order valence-electron chi connectivity index (χ4n) is 2.93. The third-order valence-corrected chi connectivity index (χ3v) is 4.31. The molecule has 0 saturated heterocycles. The van der Waals surface area contributed by atoms with Crippen molar-refractivity contribution in [2.45, 2.75) is 46.3 Å². The molecule has 6 nitrogen and oxygen atoms in total. The molecule has 2 N–H and O–H groups in total. The molecule has 0 bridgehead atoms. The Morgan fingerprint density at radius 1 is 1.08 bits per heavy atom. The van der Waals surface area contributed by atoms with Gasteiger partial charge in [-0.25, -0.2) is 0 Å². The van der Waals surface area contributed by atoms with Gasteiger partial charge in [-0.15, -0.1) is 0 Å². The summed E-state index contributed by atoms with van der Waals surface area (Å²) in [4.78, 5) is 6.51. The lowest BCUT2D eigenvalue weighted by Gasteiger charge is -2.16. The fraction of sp³-hybridized carbons (Fsp3) is 0.500. The molecule has 1 aromatic carbocycles. The lowest BCUT2D eigenvalue weighted by atomic mass is 10.1. The quantitative estimate of drug-likeness (QED) is 0.562. The van der Waals surface area contributed by atoms with Crippen LogP contribution in [0.5, 0.6) is 0 Å². The van der Waals surface area contributed by atoms with Crippen molar-refractivity contribution in [1.29, 1.82) is 0 Å². The van der Waals surface area contributed by atoms with Crippen LogP contribution in [0.3, 0.4) is 0 Å². The van der Waals surface area contributed by atoms with E-state index in [0.29, 0.717) is 6.54 Å². The van der Waals surface area contributed by atoms with Gasteiger partial charge >= 0.3 is 0 Å². The SMILES string of the molecule is CCc1noc(CC)c1CNC(=NC)NCc1ccccc1CN(C)C. The van der Waals surface area contributed by atoms with Gasteiger partial charge in [-0.1, -0.05) is 43.3 Å². The molecular formula is C20H31N5O. The maximum absolute atomic E-state index is 5.43. The summed E-state index contributed by atoms with van der Waals surface area (Å²) in [6.07, 6.45) is 1.71. The number of nitrogens with zero attached hydrogens (tertiary/aromatic N) is 3. The van der Waals surface area contributed by atoms with Crippen LogP contribution in [0.25, 0.3) is 0 Å². The molecule has 0 spiro atoms. The van der Waals surface area contributed by atoms with Gasteiger partial charge in [0.05, 0.1) is 5.69 Å². The van der Waals surface area contributed by atoms with E-state index in [9.17, 15) is 0 Å². The van der Waals surface area contributed by atoms with E-state index in [4.69, 9.17) is 4.52 Å². The van der Waals surface area contributed by atoms with Crippen LogP contribution in [0.1, 0.15) is 42.0 Å². The zero-order chi connectivity index (χ0) is 18.9. The number of rotatable bonds is 8. The Bertz CT molecular complexity index is 699. The molecule has 1 heterocycles. The first kappa shape index (κ1) is 20.0. The minimum absolute atomic E-state index is 0.662. The number of nitrogens with one attached hydrogen (secondary N) is 2. The highest BCUT2D eigenvalue weighted by Gasteiger charge is 2.13. The molecule has 0 unspecified atom stereocenters. The van der Waals surface area contributed by atoms with Gasteiger partial charge in [-0.2, -0.15) is 0 Å². The summed E-state index contributed by atoms with van der Waals surface area (Å²) in [6, 6.07) is 8.49.